The van der Waals surface area contributed by atoms with Gasteiger partial charge in [-0.25, -0.2) is 4.98 Å². The number of methoxy groups -OCH3 is 3. The summed E-state index contributed by atoms with van der Waals surface area (Å²) in [5.41, 5.74) is 3.13. The van der Waals surface area contributed by atoms with Crippen LogP contribution in [0.5, 0.6) is 17.2 Å². The zero-order chi connectivity index (χ0) is 36.3. The molecule has 0 aliphatic carbocycles. The van der Waals surface area contributed by atoms with E-state index in [0.717, 1.165) is 21.0 Å². The quantitative estimate of drug-likeness (QED) is 0.0776. The molecule has 0 aliphatic rings. The fourth-order valence-corrected chi connectivity index (χ4v) is 6.95. The number of thioether (sulfide) groups is 1. The predicted molar refractivity (Wildman–Crippen MR) is 204 cm³/mol. The summed E-state index contributed by atoms with van der Waals surface area (Å²) >= 11 is 2.82. The van der Waals surface area contributed by atoms with Crippen LogP contribution in [0.4, 0.5) is 10.8 Å². The molecule has 5 rings (SSSR count). The van der Waals surface area contributed by atoms with Crippen molar-refractivity contribution in [3.63, 3.8) is 0 Å². The van der Waals surface area contributed by atoms with E-state index in [2.05, 4.69) is 20.9 Å². The number of carbonyl (C=O) groups excluding carboxylic acids is 3. The maximum Gasteiger partial charge on any atom is 0.272 e. The Morgan fingerprint density at radius 1 is 0.824 bits per heavy atom. The van der Waals surface area contributed by atoms with E-state index in [1.54, 1.807) is 60.7 Å². The smallest absolute Gasteiger partial charge is 0.272 e. The number of anilines is 2. The van der Waals surface area contributed by atoms with E-state index in [0.29, 0.717) is 45.6 Å². The number of hydrogen-bond acceptors (Lipinski definition) is 9. The van der Waals surface area contributed by atoms with Crippen molar-refractivity contribution < 1.29 is 28.6 Å². The van der Waals surface area contributed by atoms with Gasteiger partial charge in [-0.05, 0) is 55.8 Å². The first-order valence-corrected chi connectivity index (χ1v) is 17.7. The van der Waals surface area contributed by atoms with Gasteiger partial charge in [-0.1, -0.05) is 61.5 Å². The zero-order valence-electron chi connectivity index (χ0n) is 28.8. The Labute approximate surface area is 305 Å². The largest absolute Gasteiger partial charge is 0.496 e. The van der Waals surface area contributed by atoms with E-state index in [1.165, 1.54) is 50.5 Å². The van der Waals surface area contributed by atoms with E-state index >= 15 is 0 Å². The molecule has 1 aromatic heterocycles. The summed E-state index contributed by atoms with van der Waals surface area (Å²) in [6, 6.07) is 28.9. The molecule has 1 atom stereocenters. The lowest BCUT2D eigenvalue weighted by Gasteiger charge is -2.16. The van der Waals surface area contributed by atoms with Crippen LogP contribution in [0.2, 0.25) is 0 Å². The van der Waals surface area contributed by atoms with Crippen LogP contribution in [0, 0.1) is 6.92 Å². The molecule has 0 radical (unpaired) electrons. The van der Waals surface area contributed by atoms with Crippen molar-refractivity contribution in [3.05, 3.63) is 119 Å². The van der Waals surface area contributed by atoms with Gasteiger partial charge in [0.15, 0.2) is 16.6 Å². The molecule has 10 nitrogen and oxygen atoms in total. The summed E-state index contributed by atoms with van der Waals surface area (Å²) in [6.07, 6.45) is 2.07. The van der Waals surface area contributed by atoms with Crippen LogP contribution in [-0.2, 0) is 9.59 Å². The fraction of sp³-hybridized carbons (Fsp3) is 0.179. The molecule has 3 amide bonds. The molecule has 0 bridgehead atoms. The Kier molecular flexibility index (Phi) is 12.5. The summed E-state index contributed by atoms with van der Waals surface area (Å²) in [6.45, 7) is 3.93. The Bertz CT molecular complexity index is 2030. The molecule has 3 N–H and O–H groups in total. The molecule has 5 aromatic rings. The van der Waals surface area contributed by atoms with Gasteiger partial charge in [-0.15, -0.1) is 23.1 Å². The highest BCUT2D eigenvalue weighted by molar-refractivity contribution is 8.00. The number of thiazole rings is 1. The molecule has 1 unspecified atom stereocenters. The highest BCUT2D eigenvalue weighted by atomic mass is 32.2. The van der Waals surface area contributed by atoms with Crippen LogP contribution in [0.15, 0.2) is 108 Å². The van der Waals surface area contributed by atoms with E-state index < -0.39 is 17.1 Å². The number of ether oxygens (including phenoxy) is 3. The normalized spacial score (nSPS) is 11.7. The summed E-state index contributed by atoms with van der Waals surface area (Å²) in [5, 5.41) is 8.75. The Morgan fingerprint density at radius 3 is 2.16 bits per heavy atom. The first-order chi connectivity index (χ1) is 24.7. The molecule has 0 saturated carbocycles. The summed E-state index contributed by atoms with van der Waals surface area (Å²) in [5.74, 6) is 0.0548. The third-order valence-electron chi connectivity index (χ3n) is 7.67. The minimum atomic E-state index is -0.573. The van der Waals surface area contributed by atoms with Crippen molar-refractivity contribution in [2.45, 2.75) is 30.4 Å². The lowest BCUT2D eigenvalue weighted by Crippen LogP contribution is -2.30. The van der Waals surface area contributed by atoms with E-state index in [1.807, 2.05) is 50.2 Å². The average molecular weight is 723 g/mol. The van der Waals surface area contributed by atoms with Crippen molar-refractivity contribution in [2.24, 2.45) is 0 Å². The number of aromatic nitrogens is 1. The Hall–Kier alpha value is -5.59. The highest BCUT2D eigenvalue weighted by Crippen LogP contribution is 2.36. The number of nitrogens with one attached hydrogen (secondary N) is 3. The van der Waals surface area contributed by atoms with Gasteiger partial charge < -0.3 is 30.2 Å². The first kappa shape index (κ1) is 36.7. The van der Waals surface area contributed by atoms with Crippen molar-refractivity contribution in [3.8, 4) is 28.5 Å². The summed E-state index contributed by atoms with van der Waals surface area (Å²) in [7, 11) is 4.51. The van der Waals surface area contributed by atoms with Gasteiger partial charge in [0.2, 0.25) is 5.91 Å². The monoisotopic (exact) mass is 722 g/mol. The topological polar surface area (TPSA) is 128 Å². The van der Waals surface area contributed by atoms with E-state index in [4.69, 9.17) is 14.2 Å². The summed E-state index contributed by atoms with van der Waals surface area (Å²) < 4.78 is 16.4. The number of amides is 3. The van der Waals surface area contributed by atoms with E-state index in [9.17, 15) is 14.4 Å². The van der Waals surface area contributed by atoms with Crippen LogP contribution in [0.1, 0.15) is 34.1 Å². The molecule has 0 spiro atoms. The minimum absolute atomic E-state index is 0.0353. The van der Waals surface area contributed by atoms with E-state index in [-0.39, 0.29) is 11.6 Å². The van der Waals surface area contributed by atoms with Crippen molar-refractivity contribution >= 4 is 57.7 Å². The van der Waals surface area contributed by atoms with Gasteiger partial charge in [-0.2, -0.15) is 0 Å². The Balaban J connectivity index is 1.35. The van der Waals surface area contributed by atoms with Gasteiger partial charge in [0.1, 0.15) is 11.4 Å². The lowest BCUT2D eigenvalue weighted by atomic mass is 10.1. The van der Waals surface area contributed by atoms with Crippen molar-refractivity contribution in [1.82, 2.24) is 10.3 Å². The number of benzene rings is 4. The SMILES string of the molecule is CCC(Sc1cccc(NC(=O)/C(=C\c2cc(OC)c(OC)cc2OC)NC(=O)c2ccccc2)c1)C(=O)Nc1nc(-c2ccccc2)c(C)s1. The summed E-state index contributed by atoms with van der Waals surface area (Å²) in [4.78, 5) is 46.9. The number of aryl methyl sites for hydroxylation is 1. The Morgan fingerprint density at radius 2 is 1.49 bits per heavy atom. The van der Waals surface area contributed by atoms with Crippen molar-refractivity contribution in [2.75, 3.05) is 32.0 Å². The van der Waals surface area contributed by atoms with Gasteiger partial charge in [-0.3, -0.25) is 14.4 Å². The molecule has 262 valence electrons. The minimum Gasteiger partial charge on any atom is -0.496 e. The highest BCUT2D eigenvalue weighted by Gasteiger charge is 2.22. The van der Waals surface area contributed by atoms with Gasteiger partial charge >= 0.3 is 0 Å². The standard InChI is InChI=1S/C39H38N4O6S2/c1-6-34(38(46)43-39-42-35(24(2)50-39)25-14-9-7-10-15-25)51-29-19-13-18-28(22-29)40-37(45)30(41-36(44)26-16-11-8-12-17-26)20-27-21-32(48-4)33(49-5)23-31(27)47-3/h7-23,34H,6H2,1-5H3,(H,40,45)(H,41,44)(H,42,43,46)/b30-20+. The third kappa shape index (κ3) is 9.35. The average Bonchev–Trinajstić information content (AvgIpc) is 3.53. The molecule has 4 aromatic carbocycles. The molecule has 0 aliphatic heterocycles. The second kappa shape index (κ2) is 17.4. The second-order valence-corrected chi connectivity index (χ2v) is 13.6. The number of rotatable bonds is 14. The van der Waals surface area contributed by atoms with Crippen LogP contribution in [0.3, 0.4) is 0 Å². The first-order valence-electron chi connectivity index (χ1n) is 16.0. The maximum absolute atomic E-state index is 13.8. The molecular weight excluding hydrogens is 685 g/mol. The van der Waals surface area contributed by atoms with Crippen LogP contribution in [0.25, 0.3) is 17.3 Å². The van der Waals surface area contributed by atoms with Crippen LogP contribution < -0.4 is 30.2 Å². The maximum atomic E-state index is 13.8. The third-order valence-corrected chi connectivity index (χ3v) is 9.92. The molecular formula is C39H38N4O6S2. The molecule has 12 heteroatoms. The van der Waals surface area contributed by atoms with Gasteiger partial charge in [0.25, 0.3) is 11.8 Å². The van der Waals surface area contributed by atoms with Gasteiger partial charge in [0.05, 0.1) is 32.3 Å². The lowest BCUT2D eigenvalue weighted by molar-refractivity contribution is -0.116. The predicted octanol–water partition coefficient (Wildman–Crippen LogP) is 8.06. The van der Waals surface area contributed by atoms with Crippen LogP contribution >= 0.6 is 23.1 Å². The van der Waals surface area contributed by atoms with Gasteiger partial charge in [0, 0.05) is 38.2 Å². The number of nitrogens with zero attached hydrogens (tertiary/aromatic N) is 1. The number of carbonyl (C=O) groups is 3. The number of hydrogen-bond donors (Lipinski definition) is 3. The second-order valence-electron chi connectivity index (χ2n) is 11.1. The van der Waals surface area contributed by atoms with Crippen LogP contribution in [-0.4, -0.2) is 49.3 Å². The zero-order valence-corrected chi connectivity index (χ0v) is 30.4. The molecule has 0 fully saturated rings. The fourth-order valence-electron chi connectivity index (χ4n) is 5.10. The molecule has 0 saturated heterocycles. The molecule has 51 heavy (non-hydrogen) atoms. The van der Waals surface area contributed by atoms with Crippen molar-refractivity contribution in [1.29, 1.82) is 0 Å². The molecule has 1 heterocycles.